The van der Waals surface area contributed by atoms with Crippen LogP contribution in [-0.2, 0) is 0 Å². The van der Waals surface area contributed by atoms with Gasteiger partial charge in [-0.15, -0.1) is 0 Å². The van der Waals surface area contributed by atoms with Crippen LogP contribution >= 0.6 is 0 Å². The summed E-state index contributed by atoms with van der Waals surface area (Å²) in [5, 5.41) is 11.1. The predicted molar refractivity (Wildman–Crippen MR) is 153 cm³/mol. The number of anilines is 1. The molecule has 0 saturated heterocycles. The number of hydrogen-bond acceptors (Lipinski definition) is 7. The van der Waals surface area contributed by atoms with Crippen LogP contribution in [0, 0.1) is 5.92 Å². The van der Waals surface area contributed by atoms with Gasteiger partial charge >= 0.3 is 0 Å². The minimum atomic E-state index is 0.516. The minimum absolute atomic E-state index is 0.516. The van der Waals surface area contributed by atoms with E-state index >= 15 is 0 Å². The van der Waals surface area contributed by atoms with E-state index in [1.54, 1.807) is 18.6 Å². The van der Waals surface area contributed by atoms with E-state index in [-0.39, 0.29) is 0 Å². The average Bonchev–Trinajstić information content (AvgIpc) is 3.62. The molecule has 192 valence electrons. The Morgan fingerprint density at radius 3 is 2.62 bits per heavy atom. The van der Waals surface area contributed by atoms with Crippen LogP contribution < -0.4 is 5.32 Å². The highest BCUT2D eigenvalue weighted by Gasteiger charge is 2.19. The normalized spacial score (nSPS) is 14.2. The molecule has 0 atom stereocenters. The van der Waals surface area contributed by atoms with E-state index in [9.17, 15) is 0 Å². The van der Waals surface area contributed by atoms with E-state index in [4.69, 9.17) is 9.97 Å². The van der Waals surface area contributed by atoms with Crippen molar-refractivity contribution >= 4 is 27.9 Å². The quantitative estimate of drug-likeness (QED) is 0.232. The standard InChI is InChI=1S/C30H27N9/c1-18(19-5-3-2-4-6-19)34-22-15-21(16-32-17-22)24-7-8-25-27(35-24)28(39-38-25)30-36-26-23(11-14-33-29(26)37-30)20-9-12-31-13-10-20/h7-17,19,34H,1-6H2,(H,38,39)(H,33,36,37). The molecule has 0 aliphatic heterocycles. The molecule has 0 bridgehead atoms. The molecule has 6 aromatic heterocycles. The summed E-state index contributed by atoms with van der Waals surface area (Å²) in [5.74, 6) is 1.12. The summed E-state index contributed by atoms with van der Waals surface area (Å²) in [7, 11) is 0. The number of rotatable bonds is 6. The number of H-pyrrole nitrogens is 2. The van der Waals surface area contributed by atoms with Crippen molar-refractivity contribution in [2.45, 2.75) is 32.1 Å². The number of fused-ring (bicyclic) bond motifs is 2. The van der Waals surface area contributed by atoms with Gasteiger partial charge in [0, 0.05) is 41.6 Å². The molecular weight excluding hydrogens is 486 g/mol. The molecule has 0 radical (unpaired) electrons. The molecule has 1 aliphatic carbocycles. The van der Waals surface area contributed by atoms with E-state index in [0.29, 0.717) is 23.1 Å². The van der Waals surface area contributed by atoms with Crippen molar-refractivity contribution in [3.8, 4) is 33.9 Å². The molecule has 3 N–H and O–H groups in total. The molecule has 7 rings (SSSR count). The fourth-order valence-electron chi connectivity index (χ4n) is 5.40. The molecule has 0 aromatic carbocycles. The summed E-state index contributed by atoms with van der Waals surface area (Å²) in [6.45, 7) is 4.31. The maximum Gasteiger partial charge on any atom is 0.162 e. The summed E-state index contributed by atoms with van der Waals surface area (Å²) in [6, 6.07) is 11.9. The molecule has 1 saturated carbocycles. The molecule has 0 spiro atoms. The van der Waals surface area contributed by atoms with Gasteiger partial charge in [-0.05, 0) is 60.7 Å². The van der Waals surface area contributed by atoms with Crippen LogP contribution in [0.5, 0.6) is 0 Å². The number of hydrogen-bond donors (Lipinski definition) is 3. The van der Waals surface area contributed by atoms with Crippen LogP contribution in [0.3, 0.4) is 0 Å². The highest BCUT2D eigenvalue weighted by Crippen LogP contribution is 2.32. The summed E-state index contributed by atoms with van der Waals surface area (Å²) in [4.78, 5) is 26.3. The van der Waals surface area contributed by atoms with Gasteiger partial charge < -0.3 is 10.3 Å². The molecule has 6 heterocycles. The highest BCUT2D eigenvalue weighted by atomic mass is 15.2. The lowest BCUT2D eigenvalue weighted by molar-refractivity contribution is 0.405. The van der Waals surface area contributed by atoms with Crippen molar-refractivity contribution in [2.24, 2.45) is 5.92 Å². The number of imidazole rings is 1. The topological polar surface area (TPSA) is 121 Å². The monoisotopic (exact) mass is 513 g/mol. The Bertz CT molecular complexity index is 1800. The van der Waals surface area contributed by atoms with Crippen LogP contribution in [0.4, 0.5) is 5.69 Å². The zero-order valence-electron chi connectivity index (χ0n) is 21.4. The molecule has 9 heteroatoms. The van der Waals surface area contributed by atoms with Gasteiger partial charge in [-0.1, -0.05) is 25.8 Å². The second kappa shape index (κ2) is 9.75. The third kappa shape index (κ3) is 4.41. The van der Waals surface area contributed by atoms with Crippen molar-refractivity contribution < 1.29 is 0 Å². The van der Waals surface area contributed by atoms with E-state index in [0.717, 1.165) is 50.3 Å². The molecular formula is C30H27N9. The molecule has 0 amide bonds. The smallest absolute Gasteiger partial charge is 0.162 e. The third-order valence-corrected chi connectivity index (χ3v) is 7.44. The Labute approximate surface area is 224 Å². The van der Waals surface area contributed by atoms with Gasteiger partial charge in [0.15, 0.2) is 17.2 Å². The van der Waals surface area contributed by atoms with E-state index < -0.39 is 0 Å². The Balaban J connectivity index is 1.23. The maximum atomic E-state index is 4.97. The molecule has 39 heavy (non-hydrogen) atoms. The van der Waals surface area contributed by atoms with Crippen molar-refractivity contribution in [3.63, 3.8) is 0 Å². The van der Waals surface area contributed by atoms with Gasteiger partial charge in [0.25, 0.3) is 0 Å². The van der Waals surface area contributed by atoms with Crippen molar-refractivity contribution in [1.82, 2.24) is 40.1 Å². The van der Waals surface area contributed by atoms with Gasteiger partial charge in [0.2, 0.25) is 0 Å². The fourth-order valence-corrected chi connectivity index (χ4v) is 5.40. The Morgan fingerprint density at radius 1 is 0.872 bits per heavy atom. The Hall–Kier alpha value is -4.92. The summed E-state index contributed by atoms with van der Waals surface area (Å²) >= 11 is 0. The zero-order valence-corrected chi connectivity index (χ0v) is 21.4. The number of nitrogens with zero attached hydrogens (tertiary/aromatic N) is 6. The summed E-state index contributed by atoms with van der Waals surface area (Å²) in [6.07, 6.45) is 15.2. The van der Waals surface area contributed by atoms with Crippen molar-refractivity contribution in [1.29, 1.82) is 0 Å². The fraction of sp³-hybridized carbons (Fsp3) is 0.200. The second-order valence-corrected chi connectivity index (χ2v) is 9.99. The van der Waals surface area contributed by atoms with E-state index in [2.05, 4.69) is 48.1 Å². The number of nitrogens with one attached hydrogen (secondary N) is 3. The van der Waals surface area contributed by atoms with E-state index in [1.165, 1.54) is 32.1 Å². The molecule has 6 aromatic rings. The van der Waals surface area contributed by atoms with Crippen LogP contribution in [0.2, 0.25) is 0 Å². The van der Waals surface area contributed by atoms with Gasteiger partial charge in [0.1, 0.15) is 11.0 Å². The summed E-state index contributed by atoms with van der Waals surface area (Å²) < 4.78 is 0. The number of aromatic nitrogens is 8. The van der Waals surface area contributed by atoms with Crippen LogP contribution in [0.15, 0.2) is 79.7 Å². The summed E-state index contributed by atoms with van der Waals surface area (Å²) in [5.41, 5.74) is 9.35. The lowest BCUT2D eigenvalue weighted by Crippen LogP contribution is -2.14. The number of pyridine rings is 4. The first-order valence-electron chi connectivity index (χ1n) is 13.2. The lowest BCUT2D eigenvalue weighted by Gasteiger charge is -2.24. The van der Waals surface area contributed by atoms with Crippen LogP contribution in [0.25, 0.3) is 56.1 Å². The maximum absolute atomic E-state index is 4.97. The number of aromatic amines is 2. The van der Waals surface area contributed by atoms with Gasteiger partial charge in [0.05, 0.1) is 23.1 Å². The number of allylic oxidation sites excluding steroid dienone is 1. The Morgan fingerprint density at radius 2 is 1.74 bits per heavy atom. The second-order valence-electron chi connectivity index (χ2n) is 9.99. The predicted octanol–water partition coefficient (Wildman–Crippen LogP) is 6.53. The van der Waals surface area contributed by atoms with Crippen molar-refractivity contribution in [3.05, 3.63) is 79.7 Å². The van der Waals surface area contributed by atoms with Gasteiger partial charge in [-0.2, -0.15) is 5.10 Å². The van der Waals surface area contributed by atoms with E-state index in [1.807, 2.05) is 42.7 Å². The first-order chi connectivity index (χ1) is 19.2. The SMILES string of the molecule is C=C(Nc1cncc(-c2ccc3[nH]nc(-c4nc5c(-c6ccncc6)ccnc5[nH]4)c3n2)c1)C1CCCCC1. The average molecular weight is 514 g/mol. The highest BCUT2D eigenvalue weighted by molar-refractivity contribution is 5.94. The molecule has 1 aliphatic rings. The van der Waals surface area contributed by atoms with Gasteiger partial charge in [-0.25, -0.2) is 15.0 Å². The first-order valence-corrected chi connectivity index (χ1v) is 13.2. The first kappa shape index (κ1) is 23.2. The van der Waals surface area contributed by atoms with Gasteiger partial charge in [-0.3, -0.25) is 15.1 Å². The van der Waals surface area contributed by atoms with Crippen LogP contribution in [-0.4, -0.2) is 40.1 Å². The molecule has 9 nitrogen and oxygen atoms in total. The zero-order chi connectivity index (χ0) is 26.2. The largest absolute Gasteiger partial charge is 0.358 e. The Kier molecular flexibility index (Phi) is 5.81. The lowest BCUT2D eigenvalue weighted by atomic mass is 9.87. The third-order valence-electron chi connectivity index (χ3n) is 7.44. The van der Waals surface area contributed by atoms with Crippen molar-refractivity contribution in [2.75, 3.05) is 5.32 Å². The van der Waals surface area contributed by atoms with Crippen LogP contribution in [0.1, 0.15) is 32.1 Å². The molecule has 1 fully saturated rings. The molecule has 0 unspecified atom stereocenters. The minimum Gasteiger partial charge on any atom is -0.358 e.